The summed E-state index contributed by atoms with van der Waals surface area (Å²) < 4.78 is 1.44. The SMILES string of the molecule is CC(NC(=O)Cn1cc(CCO)nn1)c1ccccc1Cl. The van der Waals surface area contributed by atoms with Gasteiger partial charge in [-0.2, -0.15) is 0 Å². The number of amides is 1. The first-order valence-electron chi connectivity index (χ1n) is 6.64. The maximum Gasteiger partial charge on any atom is 0.242 e. The molecule has 0 saturated carbocycles. The van der Waals surface area contributed by atoms with Gasteiger partial charge in [-0.15, -0.1) is 5.10 Å². The third-order valence-corrected chi connectivity index (χ3v) is 3.35. The van der Waals surface area contributed by atoms with Crippen LogP contribution in [-0.2, 0) is 17.8 Å². The van der Waals surface area contributed by atoms with Gasteiger partial charge in [0.1, 0.15) is 6.54 Å². The fourth-order valence-electron chi connectivity index (χ4n) is 1.98. The number of nitrogens with zero attached hydrogens (tertiary/aromatic N) is 3. The number of benzene rings is 1. The number of hydrogen-bond donors (Lipinski definition) is 2. The second kappa shape index (κ2) is 7.19. The molecule has 2 N–H and O–H groups in total. The molecule has 1 atom stereocenters. The largest absolute Gasteiger partial charge is 0.396 e. The van der Waals surface area contributed by atoms with Crippen LogP contribution in [0.1, 0.15) is 24.2 Å². The van der Waals surface area contributed by atoms with E-state index in [1.54, 1.807) is 12.3 Å². The lowest BCUT2D eigenvalue weighted by Gasteiger charge is -2.15. The van der Waals surface area contributed by atoms with Crippen molar-refractivity contribution >= 4 is 17.5 Å². The molecule has 1 heterocycles. The number of aliphatic hydroxyl groups excluding tert-OH is 1. The summed E-state index contributed by atoms with van der Waals surface area (Å²) in [6.07, 6.45) is 2.08. The average molecular weight is 309 g/mol. The Morgan fingerprint density at radius 3 is 2.95 bits per heavy atom. The van der Waals surface area contributed by atoms with Crippen molar-refractivity contribution in [3.8, 4) is 0 Å². The maximum atomic E-state index is 12.0. The zero-order valence-electron chi connectivity index (χ0n) is 11.7. The van der Waals surface area contributed by atoms with E-state index < -0.39 is 0 Å². The van der Waals surface area contributed by atoms with Crippen LogP contribution in [0, 0.1) is 0 Å². The Morgan fingerprint density at radius 2 is 2.24 bits per heavy atom. The van der Waals surface area contributed by atoms with Crippen LogP contribution in [0.15, 0.2) is 30.5 Å². The maximum absolute atomic E-state index is 12.0. The van der Waals surface area contributed by atoms with Gasteiger partial charge in [-0.1, -0.05) is 35.0 Å². The van der Waals surface area contributed by atoms with Crippen molar-refractivity contribution in [3.05, 3.63) is 46.7 Å². The van der Waals surface area contributed by atoms with E-state index >= 15 is 0 Å². The molecule has 0 aliphatic rings. The van der Waals surface area contributed by atoms with Crippen LogP contribution < -0.4 is 5.32 Å². The number of carbonyl (C=O) groups is 1. The summed E-state index contributed by atoms with van der Waals surface area (Å²) in [5, 5.41) is 20.0. The van der Waals surface area contributed by atoms with Gasteiger partial charge < -0.3 is 10.4 Å². The van der Waals surface area contributed by atoms with Crippen molar-refractivity contribution < 1.29 is 9.90 Å². The second-order valence-corrected chi connectivity index (χ2v) is 5.10. The smallest absolute Gasteiger partial charge is 0.242 e. The molecule has 2 rings (SSSR count). The number of hydrogen-bond acceptors (Lipinski definition) is 4. The molecule has 1 unspecified atom stereocenters. The first-order valence-corrected chi connectivity index (χ1v) is 7.01. The molecule has 0 aliphatic heterocycles. The Labute approximate surface area is 127 Å². The van der Waals surface area contributed by atoms with Crippen LogP contribution in [0.4, 0.5) is 0 Å². The highest BCUT2D eigenvalue weighted by atomic mass is 35.5. The van der Waals surface area contributed by atoms with Crippen molar-refractivity contribution in [1.82, 2.24) is 20.3 Å². The number of rotatable bonds is 6. The molecule has 0 spiro atoms. The molecule has 1 amide bonds. The minimum atomic E-state index is -0.188. The van der Waals surface area contributed by atoms with Crippen LogP contribution in [-0.4, -0.2) is 32.6 Å². The highest BCUT2D eigenvalue weighted by Crippen LogP contribution is 2.21. The van der Waals surface area contributed by atoms with Gasteiger partial charge in [-0.25, -0.2) is 4.68 Å². The molecule has 112 valence electrons. The zero-order valence-corrected chi connectivity index (χ0v) is 12.4. The number of aromatic nitrogens is 3. The summed E-state index contributed by atoms with van der Waals surface area (Å²) in [6, 6.07) is 7.20. The molecule has 1 aromatic heterocycles. The lowest BCUT2D eigenvalue weighted by Crippen LogP contribution is -2.30. The van der Waals surface area contributed by atoms with Crippen molar-refractivity contribution in [2.45, 2.75) is 25.9 Å². The molecular formula is C14H17ClN4O2. The molecule has 0 fully saturated rings. The molecule has 0 radical (unpaired) electrons. The third kappa shape index (κ3) is 4.27. The molecule has 0 bridgehead atoms. The third-order valence-electron chi connectivity index (χ3n) is 3.01. The van der Waals surface area contributed by atoms with Gasteiger partial charge in [0.05, 0.1) is 11.7 Å². The van der Waals surface area contributed by atoms with Crippen LogP contribution in [0.5, 0.6) is 0 Å². The molecule has 0 saturated heterocycles. The molecule has 0 aliphatic carbocycles. The number of aliphatic hydroxyl groups is 1. The van der Waals surface area contributed by atoms with E-state index in [0.717, 1.165) is 5.56 Å². The van der Waals surface area contributed by atoms with Crippen molar-refractivity contribution in [1.29, 1.82) is 0 Å². The molecule has 1 aromatic carbocycles. The van der Waals surface area contributed by atoms with Crippen LogP contribution in [0.2, 0.25) is 5.02 Å². The molecule has 21 heavy (non-hydrogen) atoms. The van der Waals surface area contributed by atoms with E-state index in [4.69, 9.17) is 16.7 Å². The lowest BCUT2D eigenvalue weighted by atomic mass is 10.1. The first-order chi connectivity index (χ1) is 10.1. The van der Waals surface area contributed by atoms with E-state index in [1.165, 1.54) is 4.68 Å². The van der Waals surface area contributed by atoms with Gasteiger partial charge in [0.15, 0.2) is 0 Å². The van der Waals surface area contributed by atoms with Gasteiger partial charge in [0.2, 0.25) is 5.91 Å². The van der Waals surface area contributed by atoms with Gasteiger partial charge in [0, 0.05) is 24.2 Å². The van der Waals surface area contributed by atoms with Crippen LogP contribution >= 0.6 is 11.6 Å². The van der Waals surface area contributed by atoms with Crippen molar-refractivity contribution in [2.24, 2.45) is 0 Å². The Bertz CT molecular complexity index is 615. The summed E-state index contributed by atoms with van der Waals surface area (Å²) in [5.41, 5.74) is 1.52. The lowest BCUT2D eigenvalue weighted by molar-refractivity contribution is -0.122. The summed E-state index contributed by atoms with van der Waals surface area (Å²) in [4.78, 5) is 12.0. The van der Waals surface area contributed by atoms with Crippen LogP contribution in [0.3, 0.4) is 0 Å². The Morgan fingerprint density at radius 1 is 1.48 bits per heavy atom. The van der Waals surface area contributed by atoms with Gasteiger partial charge in [-0.3, -0.25) is 4.79 Å². The zero-order chi connectivity index (χ0) is 15.2. The Balaban J connectivity index is 1.93. The first kappa shape index (κ1) is 15.5. The minimum absolute atomic E-state index is 0.00836. The highest BCUT2D eigenvalue weighted by molar-refractivity contribution is 6.31. The Kier molecular flexibility index (Phi) is 5.30. The normalized spacial score (nSPS) is 12.1. The van der Waals surface area contributed by atoms with Gasteiger partial charge >= 0.3 is 0 Å². The van der Waals surface area contributed by atoms with E-state index in [0.29, 0.717) is 17.1 Å². The van der Waals surface area contributed by atoms with E-state index in [2.05, 4.69) is 15.6 Å². The van der Waals surface area contributed by atoms with Gasteiger partial charge in [0.25, 0.3) is 0 Å². The molecular weight excluding hydrogens is 292 g/mol. The van der Waals surface area contributed by atoms with Crippen LogP contribution in [0.25, 0.3) is 0 Å². The predicted octanol–water partition coefficient (Wildman–Crippen LogP) is 1.34. The average Bonchev–Trinajstić information content (AvgIpc) is 2.86. The standard InChI is InChI=1S/C14H17ClN4O2/c1-10(12-4-2-3-5-13(12)15)16-14(21)9-19-8-11(6-7-20)17-18-19/h2-5,8,10,20H,6-7,9H2,1H3,(H,16,21). The van der Waals surface area contributed by atoms with Gasteiger partial charge in [-0.05, 0) is 18.6 Å². The number of halogens is 1. The quantitative estimate of drug-likeness (QED) is 0.844. The fourth-order valence-corrected chi connectivity index (χ4v) is 2.28. The second-order valence-electron chi connectivity index (χ2n) is 4.69. The van der Waals surface area contributed by atoms with E-state index in [-0.39, 0.29) is 25.1 Å². The van der Waals surface area contributed by atoms with E-state index in [9.17, 15) is 4.79 Å². The van der Waals surface area contributed by atoms with Crippen molar-refractivity contribution in [3.63, 3.8) is 0 Å². The molecule has 2 aromatic rings. The Hall–Kier alpha value is -1.92. The summed E-state index contributed by atoms with van der Waals surface area (Å²) >= 11 is 6.10. The van der Waals surface area contributed by atoms with E-state index in [1.807, 2.05) is 25.1 Å². The number of nitrogens with one attached hydrogen (secondary N) is 1. The molecule has 6 nitrogen and oxygen atoms in total. The minimum Gasteiger partial charge on any atom is -0.396 e. The highest BCUT2D eigenvalue weighted by Gasteiger charge is 2.13. The van der Waals surface area contributed by atoms with Crippen molar-refractivity contribution in [2.75, 3.05) is 6.61 Å². The topological polar surface area (TPSA) is 80.0 Å². The summed E-state index contributed by atoms with van der Waals surface area (Å²) in [6.45, 7) is 1.96. The number of carbonyl (C=O) groups excluding carboxylic acids is 1. The fraction of sp³-hybridized carbons (Fsp3) is 0.357. The summed E-state index contributed by atoms with van der Waals surface area (Å²) in [5.74, 6) is -0.178. The summed E-state index contributed by atoms with van der Waals surface area (Å²) in [7, 11) is 0. The molecule has 7 heteroatoms. The predicted molar refractivity (Wildman–Crippen MR) is 78.8 cm³/mol. The monoisotopic (exact) mass is 308 g/mol.